The van der Waals surface area contributed by atoms with Crippen LogP contribution < -0.4 is 9.64 Å². The zero-order valence-corrected chi connectivity index (χ0v) is 8.36. The lowest BCUT2D eigenvalue weighted by Crippen LogP contribution is -2.38. The molecule has 1 unspecified atom stereocenters. The van der Waals surface area contributed by atoms with Crippen molar-refractivity contribution in [2.24, 2.45) is 0 Å². The van der Waals surface area contributed by atoms with Gasteiger partial charge in [0, 0.05) is 12.7 Å². The van der Waals surface area contributed by atoms with Gasteiger partial charge in [-0.25, -0.2) is 4.98 Å². The Hall–Kier alpha value is -1.25. The van der Waals surface area contributed by atoms with Gasteiger partial charge in [-0.1, -0.05) is 0 Å². The van der Waals surface area contributed by atoms with Crippen molar-refractivity contribution in [3.63, 3.8) is 0 Å². The Kier molecular flexibility index (Phi) is 1.66. The fraction of sp³-hybridized carbons (Fsp3) is 0.545. The first-order chi connectivity index (χ1) is 6.86. The maximum Gasteiger partial charge on any atom is 0.172 e. The van der Waals surface area contributed by atoms with Crippen molar-refractivity contribution in [2.75, 3.05) is 18.1 Å². The van der Waals surface area contributed by atoms with E-state index in [0.29, 0.717) is 6.04 Å². The van der Waals surface area contributed by atoms with Gasteiger partial charge in [0.25, 0.3) is 0 Å². The quantitative estimate of drug-likeness (QED) is 0.623. The topological polar surface area (TPSA) is 25.4 Å². The number of hydrogen-bond donors (Lipinski definition) is 0. The van der Waals surface area contributed by atoms with Crippen molar-refractivity contribution in [1.29, 1.82) is 0 Å². The molecule has 0 amide bonds. The Bertz CT molecular complexity index is 364. The van der Waals surface area contributed by atoms with Crippen LogP contribution in [0.25, 0.3) is 0 Å². The zero-order valence-electron chi connectivity index (χ0n) is 8.36. The molecule has 0 radical (unpaired) electrons. The largest absolute Gasteiger partial charge is 0.487 e. The Balaban J connectivity index is 2.09. The van der Waals surface area contributed by atoms with Crippen LogP contribution in [0.1, 0.15) is 18.4 Å². The van der Waals surface area contributed by atoms with E-state index in [1.54, 1.807) is 0 Å². The predicted octanol–water partition coefficient (Wildman–Crippen LogP) is 1.75. The number of hydrogen-bond acceptors (Lipinski definition) is 3. The number of fused-ring (bicyclic) bond motifs is 3. The maximum absolute atomic E-state index is 5.76. The fourth-order valence-corrected chi connectivity index (χ4v) is 2.38. The minimum atomic E-state index is 0.566. The lowest BCUT2D eigenvalue weighted by Gasteiger charge is -2.32. The average Bonchev–Trinajstić information content (AvgIpc) is 2.66. The molecule has 0 saturated carbocycles. The summed E-state index contributed by atoms with van der Waals surface area (Å²) in [5, 5.41) is 0. The molecule has 1 aromatic rings. The molecule has 0 aliphatic carbocycles. The smallest absolute Gasteiger partial charge is 0.172 e. The molecule has 1 fully saturated rings. The van der Waals surface area contributed by atoms with Crippen molar-refractivity contribution in [3.05, 3.63) is 17.8 Å². The van der Waals surface area contributed by atoms with Gasteiger partial charge in [0.05, 0.1) is 6.04 Å². The summed E-state index contributed by atoms with van der Waals surface area (Å²) in [6, 6.07) is 2.58. The van der Waals surface area contributed by atoms with Crippen molar-refractivity contribution >= 4 is 5.82 Å². The Labute approximate surface area is 83.7 Å². The molecular formula is C11H14N2O. The summed E-state index contributed by atoms with van der Waals surface area (Å²) in [4.78, 5) is 6.82. The van der Waals surface area contributed by atoms with E-state index in [9.17, 15) is 0 Å². The molecule has 1 atom stereocenters. The van der Waals surface area contributed by atoms with Crippen LogP contribution in [0.5, 0.6) is 5.75 Å². The summed E-state index contributed by atoms with van der Waals surface area (Å²) in [5.41, 5.74) is 1.19. The molecular weight excluding hydrogens is 176 g/mol. The average molecular weight is 190 g/mol. The third kappa shape index (κ3) is 1.01. The molecule has 0 spiro atoms. The van der Waals surface area contributed by atoms with Crippen molar-refractivity contribution in [1.82, 2.24) is 4.98 Å². The summed E-state index contributed by atoms with van der Waals surface area (Å²) in [6.45, 7) is 4.05. The van der Waals surface area contributed by atoms with Crippen LogP contribution in [0, 0.1) is 6.92 Å². The number of aromatic nitrogens is 1. The highest BCUT2D eigenvalue weighted by Crippen LogP contribution is 2.37. The molecule has 0 N–H and O–H groups in total. The number of anilines is 1. The van der Waals surface area contributed by atoms with Gasteiger partial charge in [0.15, 0.2) is 11.6 Å². The van der Waals surface area contributed by atoms with E-state index in [2.05, 4.69) is 16.8 Å². The highest BCUT2D eigenvalue weighted by molar-refractivity contribution is 5.58. The molecule has 2 aliphatic rings. The highest BCUT2D eigenvalue weighted by Gasteiger charge is 2.32. The van der Waals surface area contributed by atoms with Crippen LogP contribution in [-0.2, 0) is 0 Å². The van der Waals surface area contributed by atoms with E-state index in [-0.39, 0.29) is 0 Å². The standard InChI is InChI=1S/C11H14N2O/c1-8-4-5-12-11-10(8)14-7-9-3-2-6-13(9)11/h4-5,9H,2-3,6-7H2,1H3. The molecule has 3 heteroatoms. The van der Waals surface area contributed by atoms with E-state index in [1.807, 2.05) is 12.3 Å². The zero-order chi connectivity index (χ0) is 9.54. The summed E-state index contributed by atoms with van der Waals surface area (Å²) in [6.07, 6.45) is 4.39. The molecule has 0 bridgehead atoms. The van der Waals surface area contributed by atoms with Gasteiger partial charge in [0.2, 0.25) is 0 Å². The molecule has 1 aromatic heterocycles. The number of rotatable bonds is 0. The second-order valence-electron chi connectivity index (χ2n) is 4.08. The molecule has 2 aliphatic heterocycles. The Morgan fingerprint density at radius 3 is 3.43 bits per heavy atom. The maximum atomic E-state index is 5.76. The molecule has 1 saturated heterocycles. The third-order valence-electron chi connectivity index (χ3n) is 3.15. The predicted molar refractivity (Wildman–Crippen MR) is 54.8 cm³/mol. The van der Waals surface area contributed by atoms with Crippen LogP contribution in [0.2, 0.25) is 0 Å². The van der Waals surface area contributed by atoms with Gasteiger partial charge in [-0.05, 0) is 31.4 Å². The molecule has 3 heterocycles. The van der Waals surface area contributed by atoms with Crippen LogP contribution in [0.15, 0.2) is 12.3 Å². The van der Waals surface area contributed by atoms with Crippen LogP contribution in [-0.4, -0.2) is 24.2 Å². The van der Waals surface area contributed by atoms with Crippen molar-refractivity contribution in [3.8, 4) is 5.75 Å². The molecule has 3 nitrogen and oxygen atoms in total. The Morgan fingerprint density at radius 1 is 1.57 bits per heavy atom. The van der Waals surface area contributed by atoms with Gasteiger partial charge in [0.1, 0.15) is 6.61 Å². The van der Waals surface area contributed by atoms with Crippen LogP contribution in [0.4, 0.5) is 5.82 Å². The molecule has 14 heavy (non-hydrogen) atoms. The second kappa shape index (κ2) is 2.87. The monoisotopic (exact) mass is 190 g/mol. The molecule has 0 aromatic carbocycles. The number of pyridine rings is 1. The molecule has 3 rings (SSSR count). The highest BCUT2D eigenvalue weighted by atomic mass is 16.5. The first kappa shape index (κ1) is 8.09. The van der Waals surface area contributed by atoms with Crippen molar-refractivity contribution < 1.29 is 4.74 Å². The van der Waals surface area contributed by atoms with Crippen molar-refractivity contribution in [2.45, 2.75) is 25.8 Å². The first-order valence-corrected chi connectivity index (χ1v) is 5.21. The lowest BCUT2D eigenvalue weighted by atomic mass is 10.2. The number of nitrogens with zero attached hydrogens (tertiary/aromatic N) is 2. The summed E-state index contributed by atoms with van der Waals surface area (Å²) >= 11 is 0. The van der Waals surface area contributed by atoms with E-state index in [0.717, 1.165) is 24.7 Å². The minimum Gasteiger partial charge on any atom is -0.487 e. The number of aryl methyl sites for hydroxylation is 1. The summed E-state index contributed by atoms with van der Waals surface area (Å²) < 4.78 is 5.76. The van der Waals surface area contributed by atoms with E-state index < -0.39 is 0 Å². The van der Waals surface area contributed by atoms with Gasteiger partial charge in [-0.2, -0.15) is 0 Å². The fourth-order valence-electron chi connectivity index (χ4n) is 2.38. The van der Waals surface area contributed by atoms with E-state index in [1.165, 1.54) is 18.4 Å². The second-order valence-corrected chi connectivity index (χ2v) is 4.08. The summed E-state index contributed by atoms with van der Waals surface area (Å²) in [5.74, 6) is 2.05. The van der Waals surface area contributed by atoms with Gasteiger partial charge < -0.3 is 9.64 Å². The first-order valence-electron chi connectivity index (χ1n) is 5.21. The van der Waals surface area contributed by atoms with E-state index >= 15 is 0 Å². The number of ether oxygens (including phenoxy) is 1. The third-order valence-corrected chi connectivity index (χ3v) is 3.15. The van der Waals surface area contributed by atoms with Gasteiger partial charge in [-0.15, -0.1) is 0 Å². The lowest BCUT2D eigenvalue weighted by molar-refractivity contribution is 0.268. The SMILES string of the molecule is Cc1ccnc2c1OCC1CCCN21. The van der Waals surface area contributed by atoms with Crippen LogP contribution in [0.3, 0.4) is 0 Å². The Morgan fingerprint density at radius 2 is 2.50 bits per heavy atom. The van der Waals surface area contributed by atoms with Gasteiger partial charge >= 0.3 is 0 Å². The normalized spacial score (nSPS) is 24.1. The molecule has 74 valence electrons. The van der Waals surface area contributed by atoms with Gasteiger partial charge in [-0.3, -0.25) is 0 Å². The van der Waals surface area contributed by atoms with Crippen LogP contribution >= 0.6 is 0 Å². The minimum absolute atomic E-state index is 0.566. The summed E-state index contributed by atoms with van der Waals surface area (Å²) in [7, 11) is 0. The van der Waals surface area contributed by atoms with E-state index in [4.69, 9.17) is 4.74 Å².